The zero-order valence-electron chi connectivity index (χ0n) is 10.4. The van der Waals surface area contributed by atoms with Gasteiger partial charge in [0.05, 0.1) is 25.2 Å². The van der Waals surface area contributed by atoms with Crippen LogP contribution in [0.2, 0.25) is 0 Å². The van der Waals surface area contributed by atoms with Crippen LogP contribution in [0.3, 0.4) is 0 Å². The Bertz CT molecular complexity index is 512. The molecule has 0 spiro atoms. The number of carbonyl (C=O) groups excluding carboxylic acids is 3. The van der Waals surface area contributed by atoms with Crippen LogP contribution in [0, 0.1) is 11.6 Å². The van der Waals surface area contributed by atoms with Crippen LogP contribution in [0.5, 0.6) is 0 Å². The largest absolute Gasteiger partial charge is 0.369 e. The molecule has 6 nitrogen and oxygen atoms in total. The van der Waals surface area contributed by atoms with Gasteiger partial charge in [0.1, 0.15) is 11.6 Å². The highest BCUT2D eigenvalue weighted by Crippen LogP contribution is 2.13. The number of hydrogen-bond donors (Lipinski definition) is 2. The van der Waals surface area contributed by atoms with Crippen molar-refractivity contribution < 1.29 is 23.2 Å². The molecule has 0 aromatic heterocycles. The predicted molar refractivity (Wildman–Crippen MR) is 65.5 cm³/mol. The first-order valence-electron chi connectivity index (χ1n) is 5.57. The van der Waals surface area contributed by atoms with E-state index in [-0.39, 0.29) is 0 Å². The van der Waals surface area contributed by atoms with Crippen molar-refractivity contribution in [2.45, 2.75) is 0 Å². The van der Waals surface area contributed by atoms with E-state index in [9.17, 15) is 23.2 Å². The molecule has 0 fully saturated rings. The van der Waals surface area contributed by atoms with Gasteiger partial charge in [-0.25, -0.2) is 8.78 Å². The minimum absolute atomic E-state index is 0.426. The van der Waals surface area contributed by atoms with Crippen molar-refractivity contribution in [1.29, 1.82) is 0 Å². The van der Waals surface area contributed by atoms with E-state index in [4.69, 9.17) is 11.5 Å². The average Bonchev–Trinajstić information content (AvgIpc) is 2.26. The molecule has 108 valence electrons. The van der Waals surface area contributed by atoms with Gasteiger partial charge in [-0.05, 0) is 12.1 Å². The molecule has 1 rings (SSSR count). The van der Waals surface area contributed by atoms with Crippen molar-refractivity contribution in [3.63, 3.8) is 0 Å². The Balaban J connectivity index is 2.90. The van der Waals surface area contributed by atoms with Gasteiger partial charge in [0.25, 0.3) is 0 Å². The highest BCUT2D eigenvalue weighted by atomic mass is 19.1. The van der Waals surface area contributed by atoms with E-state index in [1.54, 1.807) is 0 Å². The third kappa shape index (κ3) is 4.39. The third-order valence-corrected chi connectivity index (χ3v) is 2.37. The van der Waals surface area contributed by atoms with Gasteiger partial charge in [0.15, 0.2) is 5.78 Å². The van der Waals surface area contributed by atoms with Crippen LogP contribution >= 0.6 is 0 Å². The first kappa shape index (κ1) is 15.7. The molecule has 2 amide bonds. The Morgan fingerprint density at radius 3 is 1.80 bits per heavy atom. The second kappa shape index (κ2) is 6.71. The van der Waals surface area contributed by atoms with Gasteiger partial charge in [-0.1, -0.05) is 6.07 Å². The topological polar surface area (TPSA) is 106 Å². The molecule has 1 aromatic carbocycles. The maximum Gasteiger partial charge on any atom is 0.231 e. The first-order valence-corrected chi connectivity index (χ1v) is 5.57. The Morgan fingerprint density at radius 1 is 0.950 bits per heavy atom. The molecule has 0 aliphatic rings. The van der Waals surface area contributed by atoms with Crippen LogP contribution in [0.15, 0.2) is 18.2 Å². The van der Waals surface area contributed by atoms with E-state index in [1.807, 2.05) is 0 Å². The number of carbonyl (C=O) groups is 3. The summed E-state index contributed by atoms with van der Waals surface area (Å²) in [7, 11) is 0. The molecule has 0 aliphatic carbocycles. The Labute approximate surface area is 113 Å². The molecule has 0 bridgehead atoms. The summed E-state index contributed by atoms with van der Waals surface area (Å²) in [5.41, 5.74) is 9.17. The minimum atomic E-state index is -1.02. The van der Waals surface area contributed by atoms with Crippen LogP contribution in [-0.4, -0.2) is 42.1 Å². The molecule has 0 atom stereocenters. The highest BCUT2D eigenvalue weighted by Gasteiger charge is 2.21. The molecule has 0 unspecified atom stereocenters. The maximum absolute atomic E-state index is 13.4. The van der Waals surface area contributed by atoms with Gasteiger partial charge in [0.2, 0.25) is 11.8 Å². The molecule has 0 aliphatic heterocycles. The van der Waals surface area contributed by atoms with Gasteiger partial charge in [-0.3, -0.25) is 19.3 Å². The molecule has 0 heterocycles. The number of rotatable bonds is 7. The normalized spacial score (nSPS) is 10.6. The lowest BCUT2D eigenvalue weighted by molar-refractivity contribution is -0.121. The number of benzene rings is 1. The molecular weight excluding hydrogens is 272 g/mol. The lowest BCUT2D eigenvalue weighted by Gasteiger charge is -2.18. The molecule has 8 heteroatoms. The molecule has 0 saturated carbocycles. The standard InChI is InChI=1S/C12H13F2N3O3/c13-7-2-1-3-8(14)12(7)9(18)4-17(5-10(15)19)6-11(16)20/h1-3H,4-6H2,(H2,15,19)(H2,16,20). The van der Waals surface area contributed by atoms with Gasteiger partial charge in [-0.2, -0.15) is 0 Å². The van der Waals surface area contributed by atoms with E-state index in [2.05, 4.69) is 0 Å². The fourth-order valence-electron chi connectivity index (χ4n) is 1.65. The van der Waals surface area contributed by atoms with Gasteiger partial charge in [-0.15, -0.1) is 0 Å². The Morgan fingerprint density at radius 2 is 1.40 bits per heavy atom. The lowest BCUT2D eigenvalue weighted by atomic mass is 10.1. The van der Waals surface area contributed by atoms with E-state index < -0.39 is 54.4 Å². The quantitative estimate of drug-likeness (QED) is 0.653. The zero-order chi connectivity index (χ0) is 15.3. The van der Waals surface area contributed by atoms with Crippen molar-refractivity contribution in [2.75, 3.05) is 19.6 Å². The summed E-state index contributed by atoms with van der Waals surface area (Å²) in [4.78, 5) is 34.5. The maximum atomic E-state index is 13.4. The molecule has 0 radical (unpaired) electrons. The summed E-state index contributed by atoms with van der Waals surface area (Å²) in [5.74, 6) is -4.55. The van der Waals surface area contributed by atoms with Crippen LogP contribution in [-0.2, 0) is 9.59 Å². The van der Waals surface area contributed by atoms with Crippen molar-refractivity contribution in [1.82, 2.24) is 4.90 Å². The Kier molecular flexibility index (Phi) is 5.27. The summed E-state index contributed by atoms with van der Waals surface area (Å²) in [6, 6.07) is 2.98. The molecule has 20 heavy (non-hydrogen) atoms. The van der Waals surface area contributed by atoms with Crippen LogP contribution in [0.4, 0.5) is 8.78 Å². The van der Waals surface area contributed by atoms with Crippen LogP contribution in [0.25, 0.3) is 0 Å². The summed E-state index contributed by atoms with van der Waals surface area (Å²) in [6.45, 7) is -1.40. The summed E-state index contributed by atoms with van der Waals surface area (Å²) >= 11 is 0. The van der Waals surface area contributed by atoms with E-state index >= 15 is 0 Å². The summed E-state index contributed by atoms with van der Waals surface area (Å²) in [5, 5.41) is 0. The molecule has 0 saturated heterocycles. The van der Waals surface area contributed by atoms with Gasteiger partial charge >= 0.3 is 0 Å². The molecule has 4 N–H and O–H groups in total. The average molecular weight is 285 g/mol. The second-order valence-corrected chi connectivity index (χ2v) is 4.10. The van der Waals surface area contributed by atoms with Gasteiger partial charge in [0, 0.05) is 0 Å². The van der Waals surface area contributed by atoms with Crippen molar-refractivity contribution in [3.05, 3.63) is 35.4 Å². The van der Waals surface area contributed by atoms with Gasteiger partial charge < -0.3 is 11.5 Å². The van der Waals surface area contributed by atoms with Crippen LogP contribution in [0.1, 0.15) is 10.4 Å². The molecule has 1 aromatic rings. The van der Waals surface area contributed by atoms with E-state index in [1.165, 1.54) is 0 Å². The number of amides is 2. The summed E-state index contributed by atoms with van der Waals surface area (Å²) < 4.78 is 26.8. The monoisotopic (exact) mass is 285 g/mol. The highest BCUT2D eigenvalue weighted by molar-refractivity contribution is 5.98. The number of nitrogens with zero attached hydrogens (tertiary/aromatic N) is 1. The fourth-order valence-corrected chi connectivity index (χ4v) is 1.65. The SMILES string of the molecule is NC(=O)CN(CC(N)=O)CC(=O)c1c(F)cccc1F. The Hall–Kier alpha value is -2.35. The van der Waals surface area contributed by atoms with Crippen molar-refractivity contribution in [2.24, 2.45) is 11.5 Å². The van der Waals surface area contributed by atoms with Crippen molar-refractivity contribution >= 4 is 17.6 Å². The minimum Gasteiger partial charge on any atom is -0.369 e. The van der Waals surface area contributed by atoms with Crippen molar-refractivity contribution in [3.8, 4) is 0 Å². The fraction of sp³-hybridized carbons (Fsp3) is 0.250. The lowest BCUT2D eigenvalue weighted by Crippen LogP contribution is -2.42. The predicted octanol–water partition coefficient (Wildman–Crippen LogP) is -0.580. The smallest absolute Gasteiger partial charge is 0.231 e. The number of nitrogens with two attached hydrogens (primary N) is 2. The van der Waals surface area contributed by atoms with E-state index in [0.717, 1.165) is 23.1 Å². The zero-order valence-corrected chi connectivity index (χ0v) is 10.4. The number of halogens is 2. The molecular formula is C12H13F2N3O3. The number of hydrogen-bond acceptors (Lipinski definition) is 4. The summed E-state index contributed by atoms with van der Waals surface area (Å²) in [6.07, 6.45) is 0. The second-order valence-electron chi connectivity index (χ2n) is 4.10. The number of Topliss-reactive ketones (excluding diaryl/α,β-unsaturated/α-hetero) is 1. The number of primary amides is 2. The van der Waals surface area contributed by atoms with E-state index in [0.29, 0.717) is 0 Å². The first-order chi connectivity index (χ1) is 9.31. The third-order valence-electron chi connectivity index (χ3n) is 2.37. The number of ketones is 1. The van der Waals surface area contributed by atoms with Crippen LogP contribution < -0.4 is 11.5 Å².